The number of aliphatic hydroxyl groups excluding tert-OH is 1. The first-order valence-electron chi connectivity index (χ1n) is 15.4. The standard InChI is InChI=1S/C31H49N3O8S.CH4O/c1-5-7-8-10-23(18-22(36)14-12-21-13-15-26(37)27(17-21)42-4)43-19-25(33-29(38)24(32)11-9-16-35)30(39)34-28(31(40)41)20(3)6-2;1-2/h13,15-17,20,23-25,28,37H,5-12,14,18-19,32H2,1-4H3,(H,33,38)(H,34,39)(H,40,41);2H,1H3. The number of rotatable bonds is 23. The Morgan fingerprint density at radius 1 is 1.07 bits per heavy atom. The number of methoxy groups -OCH3 is 1. The number of aldehydes is 1. The quantitative estimate of drug-likeness (QED) is 0.0747. The van der Waals surface area contributed by atoms with Gasteiger partial charge in [-0.05, 0) is 42.9 Å². The third kappa shape index (κ3) is 16.6. The maximum absolute atomic E-state index is 13.3. The van der Waals surface area contributed by atoms with Crippen molar-refractivity contribution < 1.29 is 44.0 Å². The van der Waals surface area contributed by atoms with E-state index < -0.39 is 35.9 Å². The highest BCUT2D eigenvalue weighted by atomic mass is 32.2. The fourth-order valence-electron chi connectivity index (χ4n) is 4.39. The number of carboxylic acids is 1. The Kier molecular flexibility index (Phi) is 22.4. The molecule has 45 heavy (non-hydrogen) atoms. The lowest BCUT2D eigenvalue weighted by atomic mass is 9.99. The molecule has 1 aromatic rings. The Balaban J connectivity index is 0.00000947. The maximum Gasteiger partial charge on any atom is 0.326 e. The van der Waals surface area contributed by atoms with Crippen molar-refractivity contribution in [3.05, 3.63) is 23.8 Å². The van der Waals surface area contributed by atoms with Gasteiger partial charge in [0.1, 0.15) is 24.2 Å². The van der Waals surface area contributed by atoms with E-state index in [2.05, 4.69) is 17.6 Å². The molecule has 2 amide bonds. The second kappa shape index (κ2) is 24.1. The number of aryl methyl sites for hydroxylation is 1. The number of amides is 2. The summed E-state index contributed by atoms with van der Waals surface area (Å²) in [5.74, 6) is -2.23. The number of ketones is 1. The van der Waals surface area contributed by atoms with Gasteiger partial charge < -0.3 is 41.2 Å². The number of unbranched alkanes of at least 4 members (excludes halogenated alkanes) is 2. The summed E-state index contributed by atoms with van der Waals surface area (Å²) in [4.78, 5) is 61.6. The van der Waals surface area contributed by atoms with Crippen LogP contribution in [0.4, 0.5) is 0 Å². The third-order valence-corrected chi connectivity index (χ3v) is 8.76. The van der Waals surface area contributed by atoms with Crippen LogP contribution >= 0.6 is 11.8 Å². The molecule has 0 aromatic heterocycles. The number of aliphatic carboxylic acids is 1. The smallest absolute Gasteiger partial charge is 0.326 e. The van der Waals surface area contributed by atoms with Crippen LogP contribution in [0, 0.1) is 5.92 Å². The van der Waals surface area contributed by atoms with Crippen molar-refractivity contribution in [2.24, 2.45) is 11.7 Å². The van der Waals surface area contributed by atoms with E-state index in [4.69, 9.17) is 15.6 Å². The molecule has 0 bridgehead atoms. The fraction of sp³-hybridized carbons (Fsp3) is 0.656. The van der Waals surface area contributed by atoms with Gasteiger partial charge >= 0.3 is 5.97 Å². The first-order chi connectivity index (χ1) is 21.5. The summed E-state index contributed by atoms with van der Waals surface area (Å²) >= 11 is 1.39. The zero-order valence-corrected chi connectivity index (χ0v) is 28.1. The second-order valence-corrected chi connectivity index (χ2v) is 12.2. The summed E-state index contributed by atoms with van der Waals surface area (Å²) in [7, 11) is 2.46. The van der Waals surface area contributed by atoms with E-state index in [1.54, 1.807) is 19.1 Å². The molecule has 0 saturated carbocycles. The summed E-state index contributed by atoms with van der Waals surface area (Å²) < 4.78 is 5.15. The van der Waals surface area contributed by atoms with Crippen LogP contribution in [0.25, 0.3) is 0 Å². The molecule has 7 N–H and O–H groups in total. The van der Waals surface area contributed by atoms with E-state index in [0.29, 0.717) is 31.3 Å². The molecule has 0 aliphatic carbocycles. The molecule has 1 aromatic carbocycles. The van der Waals surface area contributed by atoms with E-state index in [9.17, 15) is 34.2 Å². The van der Waals surface area contributed by atoms with E-state index in [0.717, 1.165) is 38.4 Å². The van der Waals surface area contributed by atoms with Crippen LogP contribution < -0.4 is 21.1 Å². The van der Waals surface area contributed by atoms with Crippen molar-refractivity contribution in [1.82, 2.24) is 10.6 Å². The molecule has 0 fully saturated rings. The molecule has 0 radical (unpaired) electrons. The number of carboxylic acid groups (broad SMARTS) is 1. The number of hydrogen-bond acceptors (Lipinski definition) is 10. The van der Waals surface area contributed by atoms with Gasteiger partial charge in [0.2, 0.25) is 11.8 Å². The highest BCUT2D eigenvalue weighted by molar-refractivity contribution is 8.00. The van der Waals surface area contributed by atoms with Crippen LogP contribution in [0.1, 0.15) is 84.1 Å². The Hall–Kier alpha value is -3.16. The molecule has 0 spiro atoms. The summed E-state index contributed by atoms with van der Waals surface area (Å²) in [5, 5.41) is 31.6. The van der Waals surface area contributed by atoms with Crippen molar-refractivity contribution in [3.63, 3.8) is 0 Å². The number of benzene rings is 1. The number of thioether (sulfide) groups is 1. The molecule has 0 aliphatic rings. The monoisotopic (exact) mass is 655 g/mol. The Morgan fingerprint density at radius 2 is 1.76 bits per heavy atom. The summed E-state index contributed by atoms with van der Waals surface area (Å²) in [5.41, 5.74) is 6.77. The van der Waals surface area contributed by atoms with Crippen LogP contribution in [0.15, 0.2) is 18.2 Å². The van der Waals surface area contributed by atoms with Crippen LogP contribution in [0.5, 0.6) is 11.5 Å². The number of aromatic hydroxyl groups is 1. The minimum atomic E-state index is -1.17. The first-order valence-corrected chi connectivity index (χ1v) is 16.5. The fourth-order valence-corrected chi connectivity index (χ4v) is 5.73. The summed E-state index contributed by atoms with van der Waals surface area (Å²) in [6.45, 7) is 5.63. The van der Waals surface area contributed by atoms with Gasteiger partial charge in [0.05, 0.1) is 13.2 Å². The van der Waals surface area contributed by atoms with Gasteiger partial charge in [0.25, 0.3) is 0 Å². The molecule has 0 aliphatic heterocycles. The number of phenols is 1. The lowest BCUT2D eigenvalue weighted by Gasteiger charge is -2.26. The summed E-state index contributed by atoms with van der Waals surface area (Å²) in [6.07, 6.45) is 6.05. The molecule has 256 valence electrons. The number of aliphatic hydroxyl groups is 1. The highest BCUT2D eigenvalue weighted by Crippen LogP contribution is 2.28. The van der Waals surface area contributed by atoms with Gasteiger partial charge in [-0.15, -0.1) is 0 Å². The number of ether oxygens (including phenoxy) is 1. The number of carbonyl (C=O) groups is 5. The van der Waals surface area contributed by atoms with Crippen LogP contribution in [0.3, 0.4) is 0 Å². The third-order valence-electron chi connectivity index (χ3n) is 7.36. The second-order valence-electron chi connectivity index (χ2n) is 10.8. The molecule has 1 rings (SSSR count). The normalized spacial score (nSPS) is 14.0. The Labute approximate surface area is 271 Å². The molecule has 13 heteroatoms. The first kappa shape index (κ1) is 41.8. The average molecular weight is 656 g/mol. The number of carbonyl (C=O) groups excluding carboxylic acids is 4. The van der Waals surface area contributed by atoms with Gasteiger partial charge in [-0.25, -0.2) is 4.79 Å². The van der Waals surface area contributed by atoms with Gasteiger partial charge in [-0.1, -0.05) is 52.5 Å². The van der Waals surface area contributed by atoms with Crippen molar-refractivity contribution in [2.75, 3.05) is 20.0 Å². The lowest BCUT2D eigenvalue weighted by Crippen LogP contribution is -2.56. The Morgan fingerprint density at radius 3 is 2.33 bits per heavy atom. The van der Waals surface area contributed by atoms with E-state index in [1.807, 2.05) is 6.92 Å². The molecular formula is C32H53N3O9S. The number of nitrogens with one attached hydrogen (secondary N) is 2. The van der Waals surface area contributed by atoms with Gasteiger partial charge in [0.15, 0.2) is 11.5 Å². The largest absolute Gasteiger partial charge is 0.504 e. The van der Waals surface area contributed by atoms with Crippen LogP contribution in [0.2, 0.25) is 0 Å². The van der Waals surface area contributed by atoms with Gasteiger partial charge in [-0.2, -0.15) is 11.8 Å². The van der Waals surface area contributed by atoms with Gasteiger partial charge in [-0.3, -0.25) is 14.4 Å². The number of Topliss-reactive ketones (excluding diaryl/α,β-unsaturated/α-hetero) is 1. The van der Waals surface area contributed by atoms with E-state index in [-0.39, 0.29) is 47.7 Å². The zero-order chi connectivity index (χ0) is 34.4. The number of hydrogen-bond donors (Lipinski definition) is 6. The lowest BCUT2D eigenvalue weighted by molar-refractivity contribution is -0.143. The minimum Gasteiger partial charge on any atom is -0.504 e. The van der Waals surface area contributed by atoms with E-state index >= 15 is 0 Å². The predicted octanol–water partition coefficient (Wildman–Crippen LogP) is 2.99. The molecule has 5 unspecified atom stereocenters. The zero-order valence-electron chi connectivity index (χ0n) is 27.3. The minimum absolute atomic E-state index is 0.0270. The summed E-state index contributed by atoms with van der Waals surface area (Å²) in [6, 6.07) is 1.75. The molecule has 0 saturated heterocycles. The SMILES string of the molecule is CCCCCC(CC(=O)CCc1ccc(O)c(OC)c1)SCC(NC(=O)C(N)CCC=O)C(=O)NC(C(=O)O)C(C)CC.CO. The molecule has 12 nitrogen and oxygen atoms in total. The molecule has 0 heterocycles. The molecule has 5 atom stereocenters. The van der Waals surface area contributed by atoms with Crippen LogP contribution in [-0.2, 0) is 30.4 Å². The Bertz CT molecular complexity index is 1060. The number of nitrogens with two attached hydrogens (primary N) is 1. The average Bonchev–Trinajstić information content (AvgIpc) is 3.03. The maximum atomic E-state index is 13.3. The predicted molar refractivity (Wildman–Crippen MR) is 175 cm³/mol. The van der Waals surface area contributed by atoms with Crippen molar-refractivity contribution in [3.8, 4) is 11.5 Å². The van der Waals surface area contributed by atoms with Crippen molar-refractivity contribution >= 4 is 41.6 Å². The van der Waals surface area contributed by atoms with E-state index in [1.165, 1.54) is 24.9 Å². The van der Waals surface area contributed by atoms with Crippen LogP contribution in [-0.4, -0.2) is 88.5 Å². The number of phenolic OH excluding ortho intramolecular Hbond substituents is 1. The van der Waals surface area contributed by atoms with Gasteiger partial charge in [0, 0.05) is 37.4 Å². The van der Waals surface area contributed by atoms with Crippen molar-refractivity contribution in [1.29, 1.82) is 0 Å². The highest BCUT2D eigenvalue weighted by Gasteiger charge is 2.31. The van der Waals surface area contributed by atoms with Crippen molar-refractivity contribution in [2.45, 2.75) is 108 Å². The topological polar surface area (TPSA) is 205 Å². The molecular weight excluding hydrogens is 602 g/mol.